The van der Waals surface area contributed by atoms with Gasteiger partial charge in [-0.25, -0.2) is 0 Å². The van der Waals surface area contributed by atoms with Gasteiger partial charge in [0.15, 0.2) is 5.75 Å². The lowest BCUT2D eigenvalue weighted by Crippen LogP contribution is -2.10. The van der Waals surface area contributed by atoms with Gasteiger partial charge in [-0.3, -0.25) is 4.72 Å². The average molecular weight is 318 g/mol. The predicted octanol–water partition coefficient (Wildman–Crippen LogP) is 3.77. The van der Waals surface area contributed by atoms with E-state index in [1.807, 2.05) is 6.07 Å². The largest absolute Gasteiger partial charge is 0.505 e. The van der Waals surface area contributed by atoms with E-state index in [2.05, 4.69) is 4.72 Å². The van der Waals surface area contributed by atoms with E-state index in [-0.39, 0.29) is 15.8 Å². The molecule has 2 N–H and O–H groups in total. The Morgan fingerprint density at radius 3 is 2.26 bits per heavy atom. The van der Waals surface area contributed by atoms with Crippen LogP contribution < -0.4 is 8.91 Å². The number of benzene rings is 2. The van der Waals surface area contributed by atoms with Gasteiger partial charge in [0.05, 0.1) is 15.7 Å². The van der Waals surface area contributed by atoms with Crippen molar-refractivity contribution in [1.29, 1.82) is 0 Å². The van der Waals surface area contributed by atoms with E-state index < -0.39 is 11.3 Å². The Morgan fingerprint density at radius 1 is 1.11 bits per heavy atom. The predicted molar refractivity (Wildman–Crippen MR) is 77.0 cm³/mol. The van der Waals surface area contributed by atoms with Gasteiger partial charge >= 0.3 is 11.3 Å². The number of phenols is 1. The fraction of sp³-hybridized carbons (Fsp3) is 0. The molecule has 0 aromatic heterocycles. The maximum Gasteiger partial charge on any atom is 0.316 e. The van der Waals surface area contributed by atoms with Gasteiger partial charge in [-0.2, -0.15) is 4.21 Å². The van der Waals surface area contributed by atoms with Gasteiger partial charge in [0, 0.05) is 0 Å². The van der Waals surface area contributed by atoms with E-state index >= 15 is 0 Å². The number of rotatable bonds is 4. The molecule has 0 aliphatic carbocycles. The van der Waals surface area contributed by atoms with Gasteiger partial charge in [0.1, 0.15) is 5.75 Å². The van der Waals surface area contributed by atoms with Crippen molar-refractivity contribution >= 4 is 40.2 Å². The highest BCUT2D eigenvalue weighted by atomic mass is 35.5. The van der Waals surface area contributed by atoms with Crippen molar-refractivity contribution in [3.63, 3.8) is 0 Å². The molecular formula is C12H9Cl2NO3S. The topological polar surface area (TPSA) is 58.6 Å². The molecule has 2 aromatic carbocycles. The minimum absolute atomic E-state index is 0.0618. The van der Waals surface area contributed by atoms with Crippen molar-refractivity contribution in [3.05, 3.63) is 52.5 Å². The Hall–Kier alpha value is -1.43. The van der Waals surface area contributed by atoms with Crippen molar-refractivity contribution in [2.24, 2.45) is 0 Å². The summed E-state index contributed by atoms with van der Waals surface area (Å²) in [7, 11) is 0. The highest BCUT2D eigenvalue weighted by Crippen LogP contribution is 2.34. The lowest BCUT2D eigenvalue weighted by molar-refractivity contribution is 0.476. The number of para-hydroxylation sites is 1. The van der Waals surface area contributed by atoms with Crippen LogP contribution in [0.2, 0.25) is 10.0 Å². The molecule has 7 heteroatoms. The molecule has 2 rings (SSSR count). The number of phenolic OH excluding ortho intramolecular Hbond substituents is 1. The normalized spacial score (nSPS) is 11.9. The number of aromatic hydroxyl groups is 1. The average Bonchev–Trinajstić information content (AvgIpc) is 2.37. The van der Waals surface area contributed by atoms with E-state index in [0.29, 0.717) is 11.4 Å². The summed E-state index contributed by atoms with van der Waals surface area (Å²) in [6.07, 6.45) is 0. The van der Waals surface area contributed by atoms with Crippen LogP contribution in [0.25, 0.3) is 0 Å². The summed E-state index contributed by atoms with van der Waals surface area (Å²) in [4.78, 5) is 0. The molecule has 0 radical (unpaired) electrons. The summed E-state index contributed by atoms with van der Waals surface area (Å²) < 4.78 is 19.4. The first-order chi connectivity index (χ1) is 9.06. The van der Waals surface area contributed by atoms with Crippen LogP contribution in [0.15, 0.2) is 42.5 Å². The first-order valence-corrected chi connectivity index (χ1v) is 6.99. The minimum Gasteiger partial charge on any atom is -0.505 e. The smallest absolute Gasteiger partial charge is 0.316 e. The van der Waals surface area contributed by atoms with Crippen molar-refractivity contribution in [2.75, 3.05) is 4.72 Å². The highest BCUT2D eigenvalue weighted by Gasteiger charge is 2.09. The Kier molecular flexibility index (Phi) is 4.52. The second-order valence-corrected chi connectivity index (χ2v) is 5.18. The number of hydrogen-bond donors (Lipinski definition) is 2. The number of nitrogens with one attached hydrogen (secondary N) is 1. The third kappa shape index (κ3) is 3.76. The van der Waals surface area contributed by atoms with Gasteiger partial charge in [-0.1, -0.05) is 41.4 Å². The Labute approximate surface area is 122 Å². The second-order valence-electron chi connectivity index (χ2n) is 3.52. The fourth-order valence-corrected chi connectivity index (χ4v) is 2.43. The lowest BCUT2D eigenvalue weighted by Gasteiger charge is -2.08. The zero-order valence-electron chi connectivity index (χ0n) is 9.47. The third-order valence-corrected chi connectivity index (χ3v) is 3.46. The van der Waals surface area contributed by atoms with Crippen molar-refractivity contribution in [2.45, 2.75) is 0 Å². The molecule has 0 saturated carbocycles. The standard InChI is InChI=1S/C12H9Cl2NO3S/c13-10-6-8(7-11(14)12(10)16)15-19(17)18-9-4-2-1-3-5-9/h1-7,15-16H. The molecule has 0 amide bonds. The summed E-state index contributed by atoms with van der Waals surface area (Å²) in [5.74, 6) is 0.243. The maximum absolute atomic E-state index is 11.7. The zero-order chi connectivity index (χ0) is 13.8. The molecule has 0 aliphatic heterocycles. The van der Waals surface area contributed by atoms with Crippen LogP contribution in [-0.2, 0) is 11.3 Å². The molecule has 100 valence electrons. The van der Waals surface area contributed by atoms with Gasteiger partial charge in [-0.15, -0.1) is 0 Å². The molecular weight excluding hydrogens is 309 g/mol. The summed E-state index contributed by atoms with van der Waals surface area (Å²) in [6.45, 7) is 0. The van der Waals surface area contributed by atoms with Gasteiger partial charge in [-0.05, 0) is 24.3 Å². The molecule has 1 unspecified atom stereocenters. The molecule has 19 heavy (non-hydrogen) atoms. The van der Waals surface area contributed by atoms with Crippen LogP contribution in [0.4, 0.5) is 5.69 Å². The van der Waals surface area contributed by atoms with Crippen LogP contribution in [0, 0.1) is 0 Å². The first-order valence-electron chi connectivity index (χ1n) is 5.16. The van der Waals surface area contributed by atoms with E-state index in [1.165, 1.54) is 12.1 Å². The summed E-state index contributed by atoms with van der Waals surface area (Å²) in [5.41, 5.74) is 0.377. The van der Waals surface area contributed by atoms with Crippen LogP contribution in [0.5, 0.6) is 11.5 Å². The Bertz CT molecular complexity index is 584. The quantitative estimate of drug-likeness (QED) is 0.844. The van der Waals surface area contributed by atoms with E-state index in [1.54, 1.807) is 24.3 Å². The zero-order valence-corrected chi connectivity index (χ0v) is 11.8. The maximum atomic E-state index is 11.7. The number of hydrogen-bond acceptors (Lipinski definition) is 3. The summed E-state index contributed by atoms with van der Waals surface area (Å²) in [6, 6.07) is 11.5. The summed E-state index contributed by atoms with van der Waals surface area (Å²) >= 11 is 9.70. The van der Waals surface area contributed by atoms with Crippen molar-refractivity contribution in [1.82, 2.24) is 0 Å². The highest BCUT2D eigenvalue weighted by molar-refractivity contribution is 7.81. The van der Waals surface area contributed by atoms with Crippen LogP contribution in [0.3, 0.4) is 0 Å². The lowest BCUT2D eigenvalue weighted by atomic mass is 10.3. The second kappa shape index (κ2) is 6.14. The van der Waals surface area contributed by atoms with Crippen LogP contribution in [-0.4, -0.2) is 9.32 Å². The van der Waals surface area contributed by atoms with Gasteiger partial charge in [0.2, 0.25) is 0 Å². The first kappa shape index (κ1) is 14.0. The third-order valence-electron chi connectivity index (χ3n) is 2.13. The van der Waals surface area contributed by atoms with E-state index in [4.69, 9.17) is 27.4 Å². The van der Waals surface area contributed by atoms with Gasteiger partial charge in [0.25, 0.3) is 0 Å². The van der Waals surface area contributed by atoms with Crippen molar-refractivity contribution < 1.29 is 13.5 Å². The van der Waals surface area contributed by atoms with E-state index in [9.17, 15) is 9.32 Å². The molecule has 0 heterocycles. The molecule has 4 nitrogen and oxygen atoms in total. The Morgan fingerprint density at radius 2 is 1.68 bits per heavy atom. The fourth-order valence-electron chi connectivity index (χ4n) is 1.30. The minimum atomic E-state index is -1.79. The number of halogens is 2. The SMILES string of the molecule is O=S(Nc1cc(Cl)c(O)c(Cl)c1)Oc1ccccc1. The molecule has 0 aliphatic rings. The van der Waals surface area contributed by atoms with Crippen LogP contribution in [0.1, 0.15) is 0 Å². The molecule has 2 aromatic rings. The molecule has 0 fully saturated rings. The van der Waals surface area contributed by atoms with Crippen LogP contribution >= 0.6 is 23.2 Å². The molecule has 1 atom stereocenters. The number of anilines is 1. The molecule has 0 bridgehead atoms. The molecule has 0 saturated heterocycles. The monoisotopic (exact) mass is 317 g/mol. The van der Waals surface area contributed by atoms with E-state index in [0.717, 1.165) is 0 Å². The molecule has 0 spiro atoms. The summed E-state index contributed by atoms with van der Waals surface area (Å²) in [5, 5.41) is 9.52. The Balaban J connectivity index is 2.07. The van der Waals surface area contributed by atoms with Crippen molar-refractivity contribution in [3.8, 4) is 11.5 Å². The van der Waals surface area contributed by atoms with Gasteiger partial charge < -0.3 is 9.29 Å².